The number of aromatic nitrogens is 3. The average Bonchev–Trinajstić information content (AvgIpc) is 2.59. The molecule has 0 bridgehead atoms. The van der Waals surface area contributed by atoms with Crippen molar-refractivity contribution in [2.75, 3.05) is 0 Å². The molecule has 0 amide bonds. The third kappa shape index (κ3) is 3.22. The van der Waals surface area contributed by atoms with Crippen LogP contribution in [0.25, 0.3) is 0 Å². The van der Waals surface area contributed by atoms with Crippen LogP contribution < -0.4 is 0 Å². The van der Waals surface area contributed by atoms with Gasteiger partial charge in [-0.1, -0.05) is 26.0 Å². The third-order valence-corrected chi connectivity index (χ3v) is 2.50. The summed E-state index contributed by atoms with van der Waals surface area (Å²) >= 11 is 0. The summed E-state index contributed by atoms with van der Waals surface area (Å²) in [6, 6.07) is 0. The smallest absolute Gasteiger partial charge is 0.243 e. The van der Waals surface area contributed by atoms with E-state index in [1.807, 2.05) is 0 Å². The number of halogens is 5. The molecule has 0 aliphatic carbocycles. The van der Waals surface area contributed by atoms with Crippen molar-refractivity contribution >= 4 is 0 Å². The normalized spacial score (nSPS) is 13.3. The highest BCUT2D eigenvalue weighted by Crippen LogP contribution is 2.45. The van der Waals surface area contributed by atoms with E-state index in [-0.39, 0.29) is 24.6 Å². The molecule has 0 aliphatic heterocycles. The molecule has 0 radical (unpaired) electrons. The Morgan fingerprint density at radius 1 is 1.16 bits per heavy atom. The SMILES string of the molecule is CCCn1nnc(CC(C)C)c1C(F)(F)C(F)(F)F. The van der Waals surface area contributed by atoms with Crippen LogP contribution in [0.4, 0.5) is 22.0 Å². The molecule has 1 heterocycles. The maximum Gasteiger partial charge on any atom is 0.459 e. The largest absolute Gasteiger partial charge is 0.459 e. The quantitative estimate of drug-likeness (QED) is 0.775. The second-order valence-electron chi connectivity index (χ2n) is 4.78. The minimum absolute atomic E-state index is 0.0217. The lowest BCUT2D eigenvalue weighted by molar-refractivity contribution is -0.292. The standard InChI is InChI=1S/C11H16F5N3/c1-4-5-19-9(10(12,13)11(14,15)16)8(17-18-19)6-7(2)3/h7H,4-6H2,1-3H3. The lowest BCUT2D eigenvalue weighted by Crippen LogP contribution is -2.37. The highest BCUT2D eigenvalue weighted by molar-refractivity contribution is 5.19. The van der Waals surface area contributed by atoms with Crippen LogP contribution in [0.1, 0.15) is 38.6 Å². The molecule has 3 nitrogen and oxygen atoms in total. The monoisotopic (exact) mass is 285 g/mol. The van der Waals surface area contributed by atoms with Gasteiger partial charge in [0.25, 0.3) is 0 Å². The molecular weight excluding hydrogens is 269 g/mol. The highest BCUT2D eigenvalue weighted by atomic mass is 19.4. The maximum atomic E-state index is 13.6. The van der Waals surface area contributed by atoms with Gasteiger partial charge in [-0.05, 0) is 18.8 Å². The van der Waals surface area contributed by atoms with Crippen LogP contribution in [0, 0.1) is 5.92 Å². The van der Waals surface area contributed by atoms with E-state index in [0.29, 0.717) is 11.1 Å². The van der Waals surface area contributed by atoms with Crippen molar-refractivity contribution in [2.45, 2.75) is 52.3 Å². The average molecular weight is 285 g/mol. The van der Waals surface area contributed by atoms with Gasteiger partial charge in [0.2, 0.25) is 0 Å². The Labute approximate surface area is 107 Å². The van der Waals surface area contributed by atoms with Crippen molar-refractivity contribution in [3.8, 4) is 0 Å². The molecular formula is C11H16F5N3. The predicted molar refractivity (Wildman–Crippen MR) is 58.8 cm³/mol. The zero-order valence-corrected chi connectivity index (χ0v) is 10.9. The van der Waals surface area contributed by atoms with Crippen LogP contribution in [-0.2, 0) is 18.9 Å². The molecule has 19 heavy (non-hydrogen) atoms. The summed E-state index contributed by atoms with van der Waals surface area (Å²) in [5.41, 5.74) is -1.42. The van der Waals surface area contributed by atoms with E-state index in [1.165, 1.54) is 0 Å². The first-order chi connectivity index (χ1) is 8.61. The molecule has 0 spiro atoms. The second kappa shape index (κ2) is 5.42. The van der Waals surface area contributed by atoms with Crippen LogP contribution in [0.15, 0.2) is 0 Å². The Bertz CT molecular complexity index is 422. The van der Waals surface area contributed by atoms with E-state index in [2.05, 4.69) is 10.3 Å². The van der Waals surface area contributed by atoms with E-state index in [1.54, 1.807) is 20.8 Å². The Kier molecular flexibility index (Phi) is 4.52. The molecule has 1 aromatic heterocycles. The fourth-order valence-electron chi connectivity index (χ4n) is 1.72. The summed E-state index contributed by atoms with van der Waals surface area (Å²) in [6.07, 6.45) is -5.22. The van der Waals surface area contributed by atoms with E-state index in [4.69, 9.17) is 0 Å². The van der Waals surface area contributed by atoms with E-state index in [9.17, 15) is 22.0 Å². The fourth-order valence-corrected chi connectivity index (χ4v) is 1.72. The molecule has 0 fully saturated rings. The molecule has 0 saturated carbocycles. The summed E-state index contributed by atoms with van der Waals surface area (Å²) in [6.45, 7) is 5.08. The summed E-state index contributed by atoms with van der Waals surface area (Å²) in [5, 5.41) is 6.91. The van der Waals surface area contributed by atoms with Gasteiger partial charge in [-0.15, -0.1) is 5.10 Å². The van der Waals surface area contributed by atoms with Gasteiger partial charge >= 0.3 is 12.1 Å². The number of aryl methyl sites for hydroxylation is 1. The first-order valence-electron chi connectivity index (χ1n) is 5.98. The van der Waals surface area contributed by atoms with Crippen molar-refractivity contribution in [2.24, 2.45) is 5.92 Å². The maximum absolute atomic E-state index is 13.6. The number of alkyl halides is 5. The summed E-state index contributed by atoms with van der Waals surface area (Å²) < 4.78 is 65.3. The van der Waals surface area contributed by atoms with Crippen molar-refractivity contribution in [1.29, 1.82) is 0 Å². The van der Waals surface area contributed by atoms with Gasteiger partial charge in [-0.3, -0.25) is 0 Å². The highest BCUT2D eigenvalue weighted by Gasteiger charge is 2.62. The van der Waals surface area contributed by atoms with Gasteiger partial charge in [0, 0.05) is 6.54 Å². The molecule has 1 rings (SSSR count). The van der Waals surface area contributed by atoms with Gasteiger partial charge in [0.05, 0.1) is 5.69 Å². The molecule has 8 heteroatoms. The Morgan fingerprint density at radius 2 is 1.74 bits per heavy atom. The van der Waals surface area contributed by atoms with E-state index >= 15 is 0 Å². The Morgan fingerprint density at radius 3 is 2.16 bits per heavy atom. The van der Waals surface area contributed by atoms with Crippen LogP contribution in [0.3, 0.4) is 0 Å². The zero-order valence-electron chi connectivity index (χ0n) is 10.9. The number of hydrogen-bond acceptors (Lipinski definition) is 2. The van der Waals surface area contributed by atoms with Gasteiger partial charge in [0.1, 0.15) is 5.69 Å². The van der Waals surface area contributed by atoms with Gasteiger partial charge in [-0.2, -0.15) is 22.0 Å². The first-order valence-corrected chi connectivity index (χ1v) is 5.98. The molecule has 0 aromatic carbocycles. The van der Waals surface area contributed by atoms with Gasteiger partial charge in [0.15, 0.2) is 0 Å². The first kappa shape index (κ1) is 15.8. The lowest BCUT2D eigenvalue weighted by Gasteiger charge is -2.21. The predicted octanol–water partition coefficient (Wildman–Crippen LogP) is 3.54. The van der Waals surface area contributed by atoms with Crippen molar-refractivity contribution in [3.05, 3.63) is 11.4 Å². The second-order valence-corrected chi connectivity index (χ2v) is 4.78. The van der Waals surface area contributed by atoms with Crippen LogP contribution in [-0.4, -0.2) is 21.2 Å². The fraction of sp³-hybridized carbons (Fsp3) is 0.818. The molecule has 110 valence electrons. The molecule has 0 unspecified atom stereocenters. The zero-order chi connectivity index (χ0) is 14.8. The minimum atomic E-state index is -5.65. The van der Waals surface area contributed by atoms with Gasteiger partial charge < -0.3 is 0 Å². The summed E-state index contributed by atoms with van der Waals surface area (Å²) in [5.74, 6) is -5.02. The molecule has 0 aliphatic rings. The Hall–Kier alpha value is -1.21. The van der Waals surface area contributed by atoms with Crippen LogP contribution in [0.2, 0.25) is 0 Å². The third-order valence-electron chi connectivity index (χ3n) is 2.50. The summed E-state index contributed by atoms with van der Waals surface area (Å²) in [4.78, 5) is 0. The molecule has 0 saturated heterocycles. The molecule has 1 aromatic rings. The molecule has 0 N–H and O–H groups in total. The Balaban J connectivity index is 3.31. The van der Waals surface area contributed by atoms with Crippen LogP contribution >= 0.6 is 0 Å². The van der Waals surface area contributed by atoms with Gasteiger partial charge in [-0.25, -0.2) is 4.68 Å². The van der Waals surface area contributed by atoms with Crippen molar-refractivity contribution < 1.29 is 22.0 Å². The summed E-state index contributed by atoms with van der Waals surface area (Å²) in [7, 11) is 0. The van der Waals surface area contributed by atoms with Crippen molar-refractivity contribution in [3.63, 3.8) is 0 Å². The lowest BCUT2D eigenvalue weighted by atomic mass is 10.0. The van der Waals surface area contributed by atoms with Crippen LogP contribution in [0.5, 0.6) is 0 Å². The number of hydrogen-bond donors (Lipinski definition) is 0. The minimum Gasteiger partial charge on any atom is -0.243 e. The van der Waals surface area contributed by atoms with E-state index in [0.717, 1.165) is 0 Å². The topological polar surface area (TPSA) is 30.7 Å². The molecule has 0 atom stereocenters. The number of rotatable bonds is 5. The van der Waals surface area contributed by atoms with Crippen molar-refractivity contribution in [1.82, 2.24) is 15.0 Å². The van der Waals surface area contributed by atoms with E-state index < -0.39 is 17.8 Å². The number of nitrogens with zero attached hydrogens (tertiary/aromatic N) is 3.